The Labute approximate surface area is 93.0 Å². The zero-order valence-electron chi connectivity index (χ0n) is 8.83. The summed E-state index contributed by atoms with van der Waals surface area (Å²) in [6.45, 7) is 0.420. The molecule has 8 heteroatoms. The molecule has 0 spiro atoms. The summed E-state index contributed by atoms with van der Waals surface area (Å²) in [5.74, 6) is -1.01. The quantitative estimate of drug-likeness (QED) is 0.739. The van der Waals surface area contributed by atoms with Crippen molar-refractivity contribution in [1.82, 2.24) is 15.0 Å². The zero-order chi connectivity index (χ0) is 12.2. The van der Waals surface area contributed by atoms with Crippen molar-refractivity contribution in [3.63, 3.8) is 0 Å². The Morgan fingerprint density at radius 1 is 1.56 bits per heavy atom. The number of carboxylic acids is 1. The number of nitrogens with zero attached hydrogens (tertiary/aromatic N) is 3. The Balaban J connectivity index is 2.49. The van der Waals surface area contributed by atoms with Gasteiger partial charge in [-0.3, -0.25) is 9.48 Å². The molecule has 1 aromatic rings. The number of aliphatic carboxylic acids is 1. The molecule has 0 aromatic carbocycles. The van der Waals surface area contributed by atoms with E-state index in [9.17, 15) is 13.2 Å². The van der Waals surface area contributed by atoms with E-state index in [1.54, 1.807) is 0 Å². The predicted octanol–water partition coefficient (Wildman–Crippen LogP) is -0.313. The molecule has 0 saturated carbocycles. The number of rotatable bonds is 6. The Kier molecular flexibility index (Phi) is 3.99. The van der Waals surface area contributed by atoms with Crippen LogP contribution < -0.4 is 0 Å². The van der Waals surface area contributed by atoms with E-state index in [1.807, 2.05) is 0 Å². The molecule has 1 aromatic heterocycles. The van der Waals surface area contributed by atoms with Gasteiger partial charge in [0, 0.05) is 25.4 Å². The zero-order valence-corrected chi connectivity index (χ0v) is 9.64. The molecule has 90 valence electrons. The first-order valence-corrected chi connectivity index (χ1v) is 6.71. The minimum atomic E-state index is -3.11. The van der Waals surface area contributed by atoms with Crippen LogP contribution in [0, 0.1) is 0 Å². The van der Waals surface area contributed by atoms with Crippen LogP contribution >= 0.6 is 0 Å². The normalized spacial score (nSPS) is 11.6. The molecular weight excluding hydrogens is 234 g/mol. The van der Waals surface area contributed by atoms with Gasteiger partial charge in [0.2, 0.25) is 0 Å². The molecule has 0 fully saturated rings. The number of hydrogen-bond donors (Lipinski definition) is 1. The fourth-order valence-corrected chi connectivity index (χ4v) is 1.84. The van der Waals surface area contributed by atoms with Crippen LogP contribution in [0.3, 0.4) is 0 Å². The number of aromatic nitrogens is 3. The fourth-order valence-electron chi connectivity index (χ4n) is 1.17. The van der Waals surface area contributed by atoms with Gasteiger partial charge in [-0.2, -0.15) is 0 Å². The molecule has 1 N–H and O–H groups in total. The van der Waals surface area contributed by atoms with E-state index in [1.165, 1.54) is 10.9 Å². The molecule has 0 aliphatic carbocycles. The smallest absolute Gasteiger partial charge is 0.303 e. The van der Waals surface area contributed by atoms with Crippen molar-refractivity contribution >= 4 is 15.8 Å². The second kappa shape index (κ2) is 5.06. The summed E-state index contributed by atoms with van der Waals surface area (Å²) in [4.78, 5) is 10.3. The summed E-state index contributed by atoms with van der Waals surface area (Å²) >= 11 is 0. The molecule has 1 heterocycles. The molecule has 0 amide bonds. The van der Waals surface area contributed by atoms with E-state index in [0.29, 0.717) is 18.7 Å². The van der Waals surface area contributed by atoms with E-state index in [2.05, 4.69) is 10.3 Å². The van der Waals surface area contributed by atoms with Gasteiger partial charge >= 0.3 is 5.97 Å². The molecule has 0 aliphatic rings. The first kappa shape index (κ1) is 12.6. The first-order chi connectivity index (χ1) is 7.37. The molecule has 0 aliphatic heterocycles. The van der Waals surface area contributed by atoms with Crippen molar-refractivity contribution in [2.24, 2.45) is 0 Å². The Morgan fingerprint density at radius 2 is 2.25 bits per heavy atom. The van der Waals surface area contributed by atoms with Gasteiger partial charge in [0.15, 0.2) is 9.84 Å². The molecule has 7 nitrogen and oxygen atoms in total. The fraction of sp³-hybridized carbons (Fsp3) is 0.625. The van der Waals surface area contributed by atoms with Crippen LogP contribution in [0.5, 0.6) is 0 Å². The van der Waals surface area contributed by atoms with Crippen LogP contribution in [-0.4, -0.2) is 40.7 Å². The molecule has 0 bridgehead atoms. The summed E-state index contributed by atoms with van der Waals surface area (Å²) in [6.07, 6.45) is 3.14. The summed E-state index contributed by atoms with van der Waals surface area (Å²) in [6, 6.07) is 0. The Hall–Kier alpha value is -1.44. The average Bonchev–Trinajstić information content (AvgIpc) is 2.48. The second-order valence-corrected chi connectivity index (χ2v) is 5.68. The third-order valence-corrected chi connectivity index (χ3v) is 2.59. The van der Waals surface area contributed by atoms with Crippen LogP contribution in [0.1, 0.15) is 18.5 Å². The predicted molar refractivity (Wildman–Crippen MR) is 55.4 cm³/mol. The molecule has 0 atom stereocenters. The van der Waals surface area contributed by atoms with Crippen molar-refractivity contribution in [2.75, 3.05) is 6.26 Å². The number of carboxylic acid groups (broad SMARTS) is 1. The minimum Gasteiger partial charge on any atom is -0.481 e. The van der Waals surface area contributed by atoms with E-state index < -0.39 is 15.8 Å². The van der Waals surface area contributed by atoms with Gasteiger partial charge in [0.1, 0.15) is 0 Å². The highest BCUT2D eigenvalue weighted by atomic mass is 32.2. The van der Waals surface area contributed by atoms with Crippen LogP contribution in [0.25, 0.3) is 0 Å². The lowest BCUT2D eigenvalue weighted by atomic mass is 10.3. The number of sulfone groups is 1. The third-order valence-electron chi connectivity index (χ3n) is 1.77. The summed E-state index contributed by atoms with van der Waals surface area (Å²) in [5.41, 5.74) is 0.373. The van der Waals surface area contributed by atoms with Gasteiger partial charge in [-0.15, -0.1) is 5.10 Å². The van der Waals surface area contributed by atoms with E-state index >= 15 is 0 Å². The maximum atomic E-state index is 11.0. The summed E-state index contributed by atoms with van der Waals surface area (Å²) < 4.78 is 23.4. The van der Waals surface area contributed by atoms with Gasteiger partial charge in [-0.1, -0.05) is 5.21 Å². The molecule has 1 rings (SSSR count). The summed E-state index contributed by atoms with van der Waals surface area (Å²) in [5, 5.41) is 15.8. The lowest BCUT2D eigenvalue weighted by molar-refractivity contribution is -0.137. The topological polar surface area (TPSA) is 102 Å². The summed E-state index contributed by atoms with van der Waals surface area (Å²) in [7, 11) is -3.11. The molecule has 0 radical (unpaired) electrons. The molecular formula is C8H13N3O4S. The van der Waals surface area contributed by atoms with Crippen molar-refractivity contribution in [3.05, 3.63) is 11.9 Å². The largest absolute Gasteiger partial charge is 0.481 e. The molecule has 0 saturated heterocycles. The van der Waals surface area contributed by atoms with Gasteiger partial charge in [0.05, 0.1) is 11.4 Å². The highest BCUT2D eigenvalue weighted by Crippen LogP contribution is 2.01. The highest BCUT2D eigenvalue weighted by molar-refractivity contribution is 7.89. The van der Waals surface area contributed by atoms with Gasteiger partial charge in [-0.05, 0) is 6.42 Å². The van der Waals surface area contributed by atoms with Crippen LogP contribution in [0.15, 0.2) is 6.20 Å². The molecule has 16 heavy (non-hydrogen) atoms. The van der Waals surface area contributed by atoms with Crippen LogP contribution in [0.4, 0.5) is 0 Å². The maximum Gasteiger partial charge on any atom is 0.303 e. The maximum absolute atomic E-state index is 11.0. The van der Waals surface area contributed by atoms with Crippen molar-refractivity contribution in [1.29, 1.82) is 0 Å². The third kappa shape index (κ3) is 4.87. The van der Waals surface area contributed by atoms with Gasteiger partial charge in [0.25, 0.3) is 0 Å². The van der Waals surface area contributed by atoms with E-state index in [4.69, 9.17) is 5.11 Å². The standard InChI is InChI=1S/C8H13N3O4S/c1-16(14,15)6-7-5-11(10-9-7)4-2-3-8(12)13/h5H,2-4,6H2,1H3,(H,12,13). The SMILES string of the molecule is CS(=O)(=O)Cc1cn(CCCC(=O)O)nn1. The van der Waals surface area contributed by atoms with Crippen LogP contribution in [-0.2, 0) is 26.9 Å². The number of carbonyl (C=O) groups is 1. The van der Waals surface area contributed by atoms with Crippen LogP contribution in [0.2, 0.25) is 0 Å². The Morgan fingerprint density at radius 3 is 2.81 bits per heavy atom. The first-order valence-electron chi connectivity index (χ1n) is 4.65. The van der Waals surface area contributed by atoms with E-state index in [0.717, 1.165) is 6.26 Å². The van der Waals surface area contributed by atoms with E-state index in [-0.39, 0.29) is 12.2 Å². The highest BCUT2D eigenvalue weighted by Gasteiger charge is 2.08. The lowest BCUT2D eigenvalue weighted by Gasteiger charge is -1.96. The van der Waals surface area contributed by atoms with Crippen molar-refractivity contribution < 1.29 is 18.3 Å². The van der Waals surface area contributed by atoms with Crippen molar-refractivity contribution in [3.8, 4) is 0 Å². The van der Waals surface area contributed by atoms with Gasteiger partial charge in [-0.25, -0.2) is 8.42 Å². The van der Waals surface area contributed by atoms with Crippen molar-refractivity contribution in [2.45, 2.75) is 25.1 Å². The van der Waals surface area contributed by atoms with Gasteiger partial charge < -0.3 is 5.11 Å². The average molecular weight is 247 g/mol. The second-order valence-electron chi connectivity index (χ2n) is 3.54. The number of hydrogen-bond acceptors (Lipinski definition) is 5. The Bertz CT molecular complexity index is 465. The minimum absolute atomic E-state index is 0.0568. The lowest BCUT2D eigenvalue weighted by Crippen LogP contribution is -2.02. The molecule has 0 unspecified atom stereocenters. The number of aryl methyl sites for hydroxylation is 1. The monoisotopic (exact) mass is 247 g/mol.